The summed E-state index contributed by atoms with van der Waals surface area (Å²) in [7, 11) is 0. The highest BCUT2D eigenvalue weighted by molar-refractivity contribution is 5.87. The van der Waals surface area contributed by atoms with E-state index >= 15 is 0 Å². The summed E-state index contributed by atoms with van der Waals surface area (Å²) in [6.07, 6.45) is 0.964. The predicted octanol–water partition coefficient (Wildman–Crippen LogP) is 6.04. The van der Waals surface area contributed by atoms with Gasteiger partial charge in [0.25, 0.3) is 0 Å². The molecule has 152 valence electrons. The summed E-state index contributed by atoms with van der Waals surface area (Å²) in [6, 6.07) is 19.6. The van der Waals surface area contributed by atoms with Crippen molar-refractivity contribution in [2.75, 3.05) is 13.2 Å². The summed E-state index contributed by atoms with van der Waals surface area (Å²) >= 11 is 0. The van der Waals surface area contributed by atoms with Crippen LogP contribution in [0.4, 0.5) is 0 Å². The largest absolute Gasteiger partial charge is 0.489 e. The first kappa shape index (κ1) is 20.0. The van der Waals surface area contributed by atoms with Gasteiger partial charge in [0.2, 0.25) is 0 Å². The molecule has 0 radical (unpaired) electrons. The van der Waals surface area contributed by atoms with Crippen LogP contribution in [0.2, 0.25) is 0 Å². The van der Waals surface area contributed by atoms with Crippen LogP contribution in [-0.2, 0) is 16.0 Å². The lowest BCUT2D eigenvalue weighted by molar-refractivity contribution is -0.139. The van der Waals surface area contributed by atoms with Crippen molar-refractivity contribution in [2.24, 2.45) is 0 Å². The molecule has 3 aromatic carbocycles. The van der Waals surface area contributed by atoms with Gasteiger partial charge < -0.3 is 9.47 Å². The lowest BCUT2D eigenvalue weighted by atomic mass is 9.93. The second-order valence-electron chi connectivity index (χ2n) is 7.87. The lowest BCUT2D eigenvalue weighted by Gasteiger charge is -2.16. The van der Waals surface area contributed by atoms with Crippen molar-refractivity contribution < 1.29 is 14.3 Å². The molecule has 1 aliphatic carbocycles. The van der Waals surface area contributed by atoms with E-state index in [9.17, 15) is 4.79 Å². The van der Waals surface area contributed by atoms with Gasteiger partial charge in [-0.2, -0.15) is 0 Å². The van der Waals surface area contributed by atoms with Crippen LogP contribution in [0.5, 0.6) is 5.75 Å². The van der Waals surface area contributed by atoms with Gasteiger partial charge in [-0.05, 0) is 83.8 Å². The standard InChI is InChI=1S/C27H26O3/c1-17(2)27(28)30-13-12-29-26-18(3)14-21(15-19(26)4)23-10-7-11-24-22-9-6-5-8-20(22)16-25(23)24/h5-11,14-15H,1,12-13,16H2,2-4H3. The third-order valence-corrected chi connectivity index (χ3v) is 5.53. The molecule has 30 heavy (non-hydrogen) atoms. The van der Waals surface area contributed by atoms with E-state index in [1.54, 1.807) is 6.92 Å². The molecule has 0 N–H and O–H groups in total. The zero-order valence-electron chi connectivity index (χ0n) is 17.7. The van der Waals surface area contributed by atoms with Crippen LogP contribution in [-0.4, -0.2) is 19.2 Å². The minimum absolute atomic E-state index is 0.205. The topological polar surface area (TPSA) is 35.5 Å². The summed E-state index contributed by atoms with van der Waals surface area (Å²) in [5.74, 6) is 0.460. The zero-order chi connectivity index (χ0) is 21.3. The van der Waals surface area contributed by atoms with Crippen molar-refractivity contribution >= 4 is 5.97 Å². The normalized spacial score (nSPS) is 11.6. The molecule has 0 unspecified atom stereocenters. The highest BCUT2D eigenvalue weighted by Crippen LogP contribution is 2.42. The smallest absolute Gasteiger partial charge is 0.333 e. The van der Waals surface area contributed by atoms with Crippen LogP contribution in [0.15, 0.2) is 66.7 Å². The van der Waals surface area contributed by atoms with Gasteiger partial charge in [-0.3, -0.25) is 0 Å². The van der Waals surface area contributed by atoms with Crippen molar-refractivity contribution in [1.29, 1.82) is 0 Å². The van der Waals surface area contributed by atoms with E-state index in [0.29, 0.717) is 12.2 Å². The summed E-state index contributed by atoms with van der Waals surface area (Å²) in [6.45, 7) is 9.85. The molecule has 0 fully saturated rings. The van der Waals surface area contributed by atoms with Crippen LogP contribution < -0.4 is 4.74 Å². The number of benzene rings is 3. The first-order chi connectivity index (χ1) is 14.5. The van der Waals surface area contributed by atoms with Crippen LogP contribution in [0.3, 0.4) is 0 Å². The number of rotatable bonds is 6. The number of fused-ring (bicyclic) bond motifs is 3. The molecular formula is C27H26O3. The summed E-state index contributed by atoms with van der Waals surface area (Å²) in [4.78, 5) is 11.5. The molecule has 0 amide bonds. The number of esters is 1. The molecule has 0 bridgehead atoms. The van der Waals surface area contributed by atoms with Crippen LogP contribution in [0.1, 0.15) is 29.2 Å². The average molecular weight is 399 g/mol. The molecule has 0 spiro atoms. The fraction of sp³-hybridized carbons (Fsp3) is 0.222. The number of ether oxygens (including phenoxy) is 2. The quantitative estimate of drug-likeness (QED) is 0.226. The van der Waals surface area contributed by atoms with Crippen molar-refractivity contribution in [3.05, 3.63) is 89.0 Å². The molecule has 3 aromatic rings. The van der Waals surface area contributed by atoms with Gasteiger partial charge in [-0.25, -0.2) is 4.79 Å². The highest BCUT2D eigenvalue weighted by Gasteiger charge is 2.21. The second-order valence-corrected chi connectivity index (χ2v) is 7.87. The van der Waals surface area contributed by atoms with Crippen LogP contribution in [0.25, 0.3) is 22.3 Å². The number of hydrogen-bond acceptors (Lipinski definition) is 3. The Balaban J connectivity index is 1.56. The number of carbonyl (C=O) groups is 1. The van der Waals surface area contributed by atoms with E-state index in [1.807, 2.05) is 0 Å². The van der Waals surface area contributed by atoms with E-state index in [2.05, 4.69) is 75.0 Å². The molecule has 3 heteroatoms. The van der Waals surface area contributed by atoms with Crippen molar-refractivity contribution in [3.63, 3.8) is 0 Å². The average Bonchev–Trinajstić information content (AvgIpc) is 3.11. The molecule has 0 aromatic heterocycles. The number of hydrogen-bond donors (Lipinski definition) is 0. The third kappa shape index (κ3) is 3.76. The Morgan fingerprint density at radius 3 is 2.33 bits per heavy atom. The first-order valence-electron chi connectivity index (χ1n) is 10.2. The van der Waals surface area contributed by atoms with Crippen LogP contribution in [0, 0.1) is 13.8 Å². The Kier molecular flexibility index (Phi) is 5.45. The fourth-order valence-electron chi connectivity index (χ4n) is 4.16. The molecular weight excluding hydrogens is 372 g/mol. The Morgan fingerprint density at radius 2 is 1.60 bits per heavy atom. The summed E-state index contributed by atoms with van der Waals surface area (Å²) in [5, 5.41) is 0. The van der Waals surface area contributed by atoms with E-state index in [4.69, 9.17) is 9.47 Å². The van der Waals surface area contributed by atoms with Crippen molar-refractivity contribution in [2.45, 2.75) is 27.2 Å². The number of carbonyl (C=O) groups excluding carboxylic acids is 1. The second kappa shape index (κ2) is 8.19. The molecule has 0 saturated heterocycles. The van der Waals surface area contributed by atoms with Gasteiger partial charge >= 0.3 is 5.97 Å². The van der Waals surface area contributed by atoms with Gasteiger partial charge in [-0.1, -0.05) is 49.0 Å². The van der Waals surface area contributed by atoms with Gasteiger partial charge in [0.05, 0.1) is 0 Å². The molecule has 0 atom stereocenters. The van der Waals surface area contributed by atoms with Gasteiger partial charge in [0, 0.05) is 5.57 Å². The Labute approximate surface area is 178 Å². The molecule has 0 aliphatic heterocycles. The minimum Gasteiger partial charge on any atom is -0.489 e. The van der Waals surface area contributed by atoms with Gasteiger partial charge in [0.1, 0.15) is 19.0 Å². The van der Waals surface area contributed by atoms with Crippen LogP contribution >= 0.6 is 0 Å². The Hall–Kier alpha value is -3.33. The van der Waals surface area contributed by atoms with Crippen molar-refractivity contribution in [1.82, 2.24) is 0 Å². The van der Waals surface area contributed by atoms with Gasteiger partial charge in [0.15, 0.2) is 0 Å². The Morgan fingerprint density at radius 1 is 0.933 bits per heavy atom. The van der Waals surface area contributed by atoms with Crippen molar-refractivity contribution in [3.8, 4) is 28.0 Å². The van der Waals surface area contributed by atoms with E-state index in [0.717, 1.165) is 23.3 Å². The Bertz CT molecular complexity index is 1120. The predicted molar refractivity (Wildman–Crippen MR) is 121 cm³/mol. The first-order valence-corrected chi connectivity index (χ1v) is 10.2. The van der Waals surface area contributed by atoms with E-state index in [-0.39, 0.29) is 12.6 Å². The maximum atomic E-state index is 11.5. The lowest BCUT2D eigenvalue weighted by Crippen LogP contribution is -2.13. The van der Waals surface area contributed by atoms with E-state index < -0.39 is 0 Å². The van der Waals surface area contributed by atoms with E-state index in [1.165, 1.54) is 33.4 Å². The summed E-state index contributed by atoms with van der Waals surface area (Å²) in [5.41, 5.74) is 10.5. The fourth-order valence-corrected chi connectivity index (χ4v) is 4.16. The maximum absolute atomic E-state index is 11.5. The summed E-state index contributed by atoms with van der Waals surface area (Å²) < 4.78 is 11.0. The maximum Gasteiger partial charge on any atom is 0.333 e. The molecule has 0 heterocycles. The molecule has 0 saturated carbocycles. The molecule has 4 rings (SSSR count). The zero-order valence-corrected chi connectivity index (χ0v) is 17.7. The monoisotopic (exact) mass is 398 g/mol. The molecule has 3 nitrogen and oxygen atoms in total. The minimum atomic E-state index is -0.388. The number of aryl methyl sites for hydroxylation is 2. The van der Waals surface area contributed by atoms with Gasteiger partial charge in [-0.15, -0.1) is 0 Å². The highest BCUT2D eigenvalue weighted by atomic mass is 16.6. The molecule has 1 aliphatic rings. The SMILES string of the molecule is C=C(C)C(=O)OCCOc1c(C)cc(-c2cccc3c2Cc2ccccc2-3)cc1C. The third-order valence-electron chi connectivity index (χ3n) is 5.53.